The number of carbonyl (C=O) groups is 1. The number of methoxy groups -OCH3 is 1. The molecule has 0 aliphatic carbocycles. The maximum atomic E-state index is 12.8. The molecule has 0 radical (unpaired) electrons. The summed E-state index contributed by atoms with van der Waals surface area (Å²) in [7, 11) is 1.63. The van der Waals surface area contributed by atoms with E-state index in [0.717, 1.165) is 37.2 Å². The Morgan fingerprint density at radius 2 is 1.83 bits per heavy atom. The van der Waals surface area contributed by atoms with Crippen molar-refractivity contribution in [2.45, 2.75) is 32.2 Å². The number of halogens is 1. The van der Waals surface area contributed by atoms with Crippen LogP contribution in [0.4, 0.5) is 0 Å². The van der Waals surface area contributed by atoms with Crippen molar-refractivity contribution in [3.05, 3.63) is 36.1 Å². The molecule has 6 heteroatoms. The van der Waals surface area contributed by atoms with Crippen LogP contribution in [0.25, 0.3) is 11.3 Å². The van der Waals surface area contributed by atoms with E-state index in [9.17, 15) is 4.79 Å². The zero-order valence-electron chi connectivity index (χ0n) is 14.2. The van der Waals surface area contributed by atoms with Crippen molar-refractivity contribution in [1.82, 2.24) is 10.1 Å². The summed E-state index contributed by atoms with van der Waals surface area (Å²) in [4.78, 5) is 15.0. The largest absolute Gasteiger partial charge is 0.497 e. The Balaban J connectivity index is 0.00000208. The summed E-state index contributed by atoms with van der Waals surface area (Å²) >= 11 is 0. The van der Waals surface area contributed by atoms with Gasteiger partial charge >= 0.3 is 0 Å². The molecule has 1 aliphatic rings. The number of carbonyl (C=O) groups excluding carboxylic acids is 1. The number of ether oxygens (including phenoxy) is 1. The lowest BCUT2D eigenvalue weighted by atomic mass is 9.95. The molecule has 24 heavy (non-hydrogen) atoms. The van der Waals surface area contributed by atoms with Gasteiger partial charge in [-0.25, -0.2) is 0 Å². The van der Waals surface area contributed by atoms with Crippen LogP contribution in [0.3, 0.4) is 0 Å². The van der Waals surface area contributed by atoms with Gasteiger partial charge in [-0.05, 0) is 64.0 Å². The Labute approximate surface area is 148 Å². The van der Waals surface area contributed by atoms with E-state index < -0.39 is 5.54 Å². The highest BCUT2D eigenvalue weighted by atomic mass is 35.5. The smallest absolute Gasteiger partial charge is 0.220 e. The molecule has 0 saturated carbocycles. The van der Waals surface area contributed by atoms with Gasteiger partial charge in [-0.3, -0.25) is 9.69 Å². The highest BCUT2D eigenvalue weighted by Gasteiger charge is 2.38. The van der Waals surface area contributed by atoms with Crippen LogP contribution < -0.4 is 4.74 Å². The van der Waals surface area contributed by atoms with Crippen LogP contribution in [0, 0.1) is 0 Å². The predicted octanol–water partition coefficient (Wildman–Crippen LogP) is 3.83. The van der Waals surface area contributed by atoms with Crippen molar-refractivity contribution in [2.75, 3.05) is 20.2 Å². The van der Waals surface area contributed by atoms with Gasteiger partial charge in [-0.2, -0.15) is 0 Å². The quantitative estimate of drug-likeness (QED) is 0.767. The molecule has 1 aromatic carbocycles. The second kappa shape index (κ2) is 7.36. The highest BCUT2D eigenvalue weighted by molar-refractivity contribution is 6.01. The standard InChI is InChI=1S/C18H22N2O3.ClH/c1-18(2,20-10-4-5-11-20)17(21)16-12-15(19-23-16)13-6-8-14(22-3)9-7-13;/h6-9,12H,4-5,10-11H2,1-3H3;1H. The zero-order chi connectivity index (χ0) is 16.4. The molecular formula is C18H23ClN2O3. The van der Waals surface area contributed by atoms with E-state index in [0.29, 0.717) is 11.5 Å². The van der Waals surface area contributed by atoms with Crippen molar-refractivity contribution in [3.63, 3.8) is 0 Å². The average molecular weight is 351 g/mol. The molecule has 1 aliphatic heterocycles. The monoisotopic (exact) mass is 350 g/mol. The molecule has 2 heterocycles. The number of rotatable bonds is 5. The third-order valence-corrected chi connectivity index (χ3v) is 4.57. The molecule has 0 bridgehead atoms. The maximum absolute atomic E-state index is 12.8. The minimum Gasteiger partial charge on any atom is -0.497 e. The topological polar surface area (TPSA) is 55.6 Å². The van der Waals surface area contributed by atoms with Crippen LogP contribution in [0.5, 0.6) is 5.75 Å². The van der Waals surface area contributed by atoms with Crippen molar-refractivity contribution < 1.29 is 14.1 Å². The number of ketones is 1. The molecule has 0 N–H and O–H groups in total. The summed E-state index contributed by atoms with van der Waals surface area (Å²) in [6.07, 6.45) is 2.29. The van der Waals surface area contributed by atoms with Gasteiger partial charge in [-0.1, -0.05) is 5.16 Å². The molecular weight excluding hydrogens is 328 g/mol. The summed E-state index contributed by atoms with van der Waals surface area (Å²) in [6, 6.07) is 9.24. The third kappa shape index (κ3) is 3.47. The van der Waals surface area contributed by atoms with E-state index in [1.807, 2.05) is 38.1 Å². The van der Waals surface area contributed by atoms with E-state index in [-0.39, 0.29) is 18.2 Å². The fourth-order valence-electron chi connectivity index (χ4n) is 3.00. The normalized spacial score (nSPS) is 15.1. The molecule has 1 fully saturated rings. The van der Waals surface area contributed by atoms with Gasteiger partial charge in [0, 0.05) is 11.6 Å². The van der Waals surface area contributed by atoms with Crippen molar-refractivity contribution in [1.29, 1.82) is 0 Å². The lowest BCUT2D eigenvalue weighted by Crippen LogP contribution is -2.48. The summed E-state index contributed by atoms with van der Waals surface area (Å²) in [5.41, 5.74) is 0.994. The second-order valence-electron chi connectivity index (χ2n) is 6.39. The maximum Gasteiger partial charge on any atom is 0.220 e. The van der Waals surface area contributed by atoms with Gasteiger partial charge in [0.2, 0.25) is 11.5 Å². The van der Waals surface area contributed by atoms with Crippen LogP contribution in [0.15, 0.2) is 34.9 Å². The number of benzene rings is 1. The molecule has 0 unspecified atom stereocenters. The molecule has 0 amide bonds. The van der Waals surface area contributed by atoms with Gasteiger partial charge in [0.15, 0.2) is 0 Å². The van der Waals surface area contributed by atoms with Crippen LogP contribution in [-0.2, 0) is 0 Å². The highest BCUT2D eigenvalue weighted by Crippen LogP contribution is 2.27. The number of likely N-dealkylation sites (tertiary alicyclic amines) is 1. The number of aromatic nitrogens is 1. The Kier molecular flexibility index (Phi) is 5.67. The first-order chi connectivity index (χ1) is 11.0. The van der Waals surface area contributed by atoms with Gasteiger partial charge in [0.25, 0.3) is 0 Å². The lowest BCUT2D eigenvalue weighted by molar-refractivity contribution is 0.0663. The number of hydrogen-bond acceptors (Lipinski definition) is 5. The van der Waals surface area contributed by atoms with E-state index in [2.05, 4.69) is 10.1 Å². The fourth-order valence-corrected chi connectivity index (χ4v) is 3.00. The van der Waals surface area contributed by atoms with E-state index in [4.69, 9.17) is 9.26 Å². The number of nitrogens with zero attached hydrogens (tertiary/aromatic N) is 2. The van der Waals surface area contributed by atoms with Gasteiger partial charge < -0.3 is 9.26 Å². The van der Waals surface area contributed by atoms with Crippen molar-refractivity contribution in [3.8, 4) is 17.0 Å². The Morgan fingerprint density at radius 1 is 1.21 bits per heavy atom. The van der Waals surface area contributed by atoms with Crippen LogP contribution in [0.1, 0.15) is 37.2 Å². The average Bonchev–Trinajstić information content (AvgIpc) is 3.26. The number of hydrogen-bond donors (Lipinski definition) is 0. The van der Waals surface area contributed by atoms with Crippen molar-refractivity contribution in [2.24, 2.45) is 0 Å². The molecule has 2 aromatic rings. The first kappa shape index (κ1) is 18.5. The zero-order valence-corrected chi connectivity index (χ0v) is 15.1. The number of Topliss-reactive ketones (excluding diaryl/α,β-unsaturated/α-hetero) is 1. The predicted molar refractivity (Wildman–Crippen MR) is 95.0 cm³/mol. The van der Waals surface area contributed by atoms with Crippen LogP contribution in [0.2, 0.25) is 0 Å². The summed E-state index contributed by atoms with van der Waals surface area (Å²) in [5, 5.41) is 4.05. The second-order valence-corrected chi connectivity index (χ2v) is 6.39. The van der Waals surface area contributed by atoms with Crippen LogP contribution in [-0.4, -0.2) is 41.6 Å². The Morgan fingerprint density at radius 3 is 2.42 bits per heavy atom. The minimum atomic E-state index is -0.562. The van der Waals surface area contributed by atoms with Gasteiger partial charge in [-0.15, -0.1) is 12.4 Å². The molecule has 5 nitrogen and oxygen atoms in total. The van der Waals surface area contributed by atoms with Crippen molar-refractivity contribution >= 4 is 18.2 Å². The summed E-state index contributed by atoms with van der Waals surface area (Å²) in [5.74, 6) is 1.07. The first-order valence-corrected chi connectivity index (χ1v) is 7.93. The third-order valence-electron chi connectivity index (χ3n) is 4.57. The molecule has 0 atom stereocenters. The van der Waals surface area contributed by atoms with E-state index in [1.165, 1.54) is 0 Å². The van der Waals surface area contributed by atoms with Crippen LogP contribution >= 0.6 is 12.4 Å². The molecule has 0 spiro atoms. The molecule has 1 saturated heterocycles. The SMILES string of the molecule is COc1ccc(-c2cc(C(=O)C(C)(C)N3CCCC3)on2)cc1.Cl. The lowest BCUT2D eigenvalue weighted by Gasteiger charge is -2.32. The minimum absolute atomic E-state index is 0. The summed E-state index contributed by atoms with van der Waals surface area (Å²) < 4.78 is 10.5. The van der Waals surface area contributed by atoms with E-state index >= 15 is 0 Å². The van der Waals surface area contributed by atoms with Gasteiger partial charge in [0.05, 0.1) is 12.6 Å². The van der Waals surface area contributed by atoms with Gasteiger partial charge in [0.1, 0.15) is 11.4 Å². The Hall–Kier alpha value is -1.85. The molecule has 1 aromatic heterocycles. The Bertz CT molecular complexity index is 689. The fraction of sp³-hybridized carbons (Fsp3) is 0.444. The molecule has 3 rings (SSSR count). The first-order valence-electron chi connectivity index (χ1n) is 7.93. The van der Waals surface area contributed by atoms with E-state index in [1.54, 1.807) is 13.2 Å². The molecule has 130 valence electrons. The summed E-state index contributed by atoms with van der Waals surface area (Å²) in [6.45, 7) is 5.82.